The smallest absolute Gasteiger partial charge is 0.194 e. The second-order valence-corrected chi connectivity index (χ2v) is 6.39. The van der Waals surface area contributed by atoms with Crippen LogP contribution in [0.15, 0.2) is 45.9 Å². The average Bonchev–Trinajstić information content (AvgIpc) is 3.09. The molecule has 3 rings (SSSR count). The van der Waals surface area contributed by atoms with E-state index in [-0.39, 0.29) is 24.0 Å². The van der Waals surface area contributed by atoms with Crippen molar-refractivity contribution < 1.29 is 4.52 Å². The van der Waals surface area contributed by atoms with Crippen molar-refractivity contribution in [1.82, 2.24) is 15.4 Å². The van der Waals surface area contributed by atoms with Gasteiger partial charge in [-0.05, 0) is 25.7 Å². The predicted octanol–water partition coefficient (Wildman–Crippen LogP) is 4.16. The Bertz CT molecular complexity index is 663. The van der Waals surface area contributed by atoms with E-state index in [9.17, 15) is 0 Å². The fourth-order valence-electron chi connectivity index (χ4n) is 2.93. The molecular formula is C19H27IN4O. The topological polar surface area (TPSA) is 53.7 Å². The minimum absolute atomic E-state index is 0. The molecule has 0 aliphatic carbocycles. The Morgan fingerprint density at radius 2 is 2.00 bits per heavy atom. The van der Waals surface area contributed by atoms with E-state index in [0.717, 1.165) is 48.5 Å². The lowest BCUT2D eigenvalue weighted by atomic mass is 10.00. The van der Waals surface area contributed by atoms with Gasteiger partial charge in [-0.1, -0.05) is 42.4 Å². The van der Waals surface area contributed by atoms with Crippen LogP contribution in [0.5, 0.6) is 0 Å². The van der Waals surface area contributed by atoms with Crippen LogP contribution in [0, 0.1) is 5.92 Å². The summed E-state index contributed by atoms with van der Waals surface area (Å²) < 4.78 is 5.45. The lowest BCUT2D eigenvalue weighted by molar-refractivity contribution is 0.273. The molecule has 1 aromatic carbocycles. The Kier molecular flexibility index (Phi) is 7.74. The number of hydrogen-bond acceptors (Lipinski definition) is 3. The SMILES string of the molecule is CCNC(=NCc1cc(-c2ccccc2)on1)N1CCC(C)CC1.I. The molecule has 0 atom stereocenters. The molecule has 5 nitrogen and oxygen atoms in total. The van der Waals surface area contributed by atoms with Crippen molar-refractivity contribution in [2.45, 2.75) is 33.2 Å². The van der Waals surface area contributed by atoms with E-state index in [0.29, 0.717) is 6.54 Å². The van der Waals surface area contributed by atoms with Crippen molar-refractivity contribution in [2.75, 3.05) is 19.6 Å². The zero-order valence-corrected chi connectivity index (χ0v) is 17.3. The number of guanidine groups is 1. The minimum atomic E-state index is 0. The maximum absolute atomic E-state index is 5.45. The van der Waals surface area contributed by atoms with E-state index in [1.165, 1.54) is 12.8 Å². The first kappa shape index (κ1) is 19.8. The van der Waals surface area contributed by atoms with E-state index in [1.54, 1.807) is 0 Å². The van der Waals surface area contributed by atoms with E-state index in [1.807, 2.05) is 36.4 Å². The zero-order chi connectivity index (χ0) is 16.8. The summed E-state index contributed by atoms with van der Waals surface area (Å²) in [5, 5.41) is 7.55. The zero-order valence-electron chi connectivity index (χ0n) is 14.9. The van der Waals surface area contributed by atoms with Crippen LogP contribution in [0.1, 0.15) is 32.4 Å². The molecule has 136 valence electrons. The van der Waals surface area contributed by atoms with Gasteiger partial charge >= 0.3 is 0 Å². The number of benzene rings is 1. The minimum Gasteiger partial charge on any atom is -0.357 e. The van der Waals surface area contributed by atoms with Gasteiger partial charge < -0.3 is 14.7 Å². The van der Waals surface area contributed by atoms with Gasteiger partial charge in [-0.25, -0.2) is 4.99 Å². The molecular weight excluding hydrogens is 427 g/mol. The van der Waals surface area contributed by atoms with Crippen LogP contribution in [0.2, 0.25) is 0 Å². The van der Waals surface area contributed by atoms with Crippen molar-refractivity contribution in [2.24, 2.45) is 10.9 Å². The Morgan fingerprint density at radius 3 is 2.68 bits per heavy atom. The third-order valence-corrected chi connectivity index (χ3v) is 4.43. The van der Waals surface area contributed by atoms with Crippen LogP contribution in [-0.2, 0) is 6.54 Å². The van der Waals surface area contributed by atoms with E-state index >= 15 is 0 Å². The summed E-state index contributed by atoms with van der Waals surface area (Å²) in [6.07, 6.45) is 2.46. The van der Waals surface area contributed by atoms with Crippen LogP contribution >= 0.6 is 24.0 Å². The maximum atomic E-state index is 5.45. The molecule has 25 heavy (non-hydrogen) atoms. The van der Waals surface area contributed by atoms with Gasteiger partial charge in [0.1, 0.15) is 5.69 Å². The molecule has 0 saturated carbocycles. The molecule has 1 saturated heterocycles. The van der Waals surface area contributed by atoms with Crippen molar-refractivity contribution >= 4 is 29.9 Å². The van der Waals surface area contributed by atoms with Gasteiger partial charge in [-0.2, -0.15) is 0 Å². The Balaban J connectivity index is 0.00000225. The normalized spacial score (nSPS) is 15.8. The lowest BCUT2D eigenvalue weighted by Crippen LogP contribution is -2.45. The van der Waals surface area contributed by atoms with Crippen LogP contribution in [-0.4, -0.2) is 35.7 Å². The number of nitrogens with zero attached hydrogens (tertiary/aromatic N) is 3. The molecule has 1 aliphatic rings. The molecule has 2 heterocycles. The van der Waals surface area contributed by atoms with Gasteiger partial charge in [0, 0.05) is 31.3 Å². The second-order valence-electron chi connectivity index (χ2n) is 6.39. The quantitative estimate of drug-likeness (QED) is 0.429. The van der Waals surface area contributed by atoms with E-state index < -0.39 is 0 Å². The molecule has 0 bridgehead atoms. The number of rotatable bonds is 4. The molecule has 2 aromatic rings. The van der Waals surface area contributed by atoms with Gasteiger partial charge in [-0.15, -0.1) is 24.0 Å². The summed E-state index contributed by atoms with van der Waals surface area (Å²) >= 11 is 0. The van der Waals surface area contributed by atoms with Gasteiger partial charge in [0.05, 0.1) is 6.54 Å². The summed E-state index contributed by atoms with van der Waals surface area (Å²) in [7, 11) is 0. The summed E-state index contributed by atoms with van der Waals surface area (Å²) in [5.74, 6) is 2.58. The van der Waals surface area contributed by atoms with Gasteiger partial charge in [0.15, 0.2) is 11.7 Å². The summed E-state index contributed by atoms with van der Waals surface area (Å²) in [6.45, 7) is 7.97. The van der Waals surface area contributed by atoms with Crippen molar-refractivity contribution in [3.63, 3.8) is 0 Å². The molecule has 0 unspecified atom stereocenters. The second kappa shape index (κ2) is 9.79. The number of halogens is 1. The van der Waals surface area contributed by atoms with Crippen LogP contribution in [0.3, 0.4) is 0 Å². The van der Waals surface area contributed by atoms with Crippen molar-refractivity contribution in [1.29, 1.82) is 0 Å². The maximum Gasteiger partial charge on any atom is 0.194 e. The Morgan fingerprint density at radius 1 is 1.28 bits per heavy atom. The summed E-state index contributed by atoms with van der Waals surface area (Å²) in [5.41, 5.74) is 1.90. The molecule has 1 aliphatic heterocycles. The number of piperidine rings is 1. The lowest BCUT2D eigenvalue weighted by Gasteiger charge is -2.32. The summed E-state index contributed by atoms with van der Waals surface area (Å²) in [4.78, 5) is 7.10. The summed E-state index contributed by atoms with van der Waals surface area (Å²) in [6, 6.07) is 12.0. The number of hydrogen-bond donors (Lipinski definition) is 1. The average molecular weight is 454 g/mol. The molecule has 1 aromatic heterocycles. The van der Waals surface area contributed by atoms with Crippen molar-refractivity contribution in [3.8, 4) is 11.3 Å². The third kappa shape index (κ3) is 5.45. The van der Waals surface area contributed by atoms with Gasteiger partial charge in [-0.3, -0.25) is 0 Å². The fraction of sp³-hybridized carbons (Fsp3) is 0.474. The highest BCUT2D eigenvalue weighted by Crippen LogP contribution is 2.20. The highest BCUT2D eigenvalue weighted by molar-refractivity contribution is 14.0. The highest BCUT2D eigenvalue weighted by atomic mass is 127. The third-order valence-electron chi connectivity index (χ3n) is 4.43. The standard InChI is InChI=1S/C19H26N4O.HI/c1-3-20-19(23-11-9-15(2)10-12-23)21-14-17-13-18(24-22-17)16-7-5-4-6-8-16;/h4-8,13,15H,3,9-12,14H2,1-2H3,(H,20,21);1H. The number of aliphatic imine (C=N–C) groups is 1. The van der Waals surface area contributed by atoms with Crippen LogP contribution in [0.25, 0.3) is 11.3 Å². The largest absolute Gasteiger partial charge is 0.357 e. The number of nitrogens with one attached hydrogen (secondary N) is 1. The molecule has 6 heteroatoms. The Hall–Kier alpha value is -1.57. The van der Waals surface area contributed by atoms with Crippen LogP contribution < -0.4 is 5.32 Å². The first-order chi connectivity index (χ1) is 11.8. The molecule has 1 N–H and O–H groups in total. The van der Waals surface area contributed by atoms with Gasteiger partial charge in [0.2, 0.25) is 0 Å². The predicted molar refractivity (Wildman–Crippen MR) is 112 cm³/mol. The van der Waals surface area contributed by atoms with Crippen LogP contribution in [0.4, 0.5) is 0 Å². The molecule has 0 amide bonds. The molecule has 0 radical (unpaired) electrons. The Labute approximate surface area is 166 Å². The van der Waals surface area contributed by atoms with Gasteiger partial charge in [0.25, 0.3) is 0 Å². The number of likely N-dealkylation sites (tertiary alicyclic amines) is 1. The monoisotopic (exact) mass is 454 g/mol. The molecule has 0 spiro atoms. The van der Waals surface area contributed by atoms with Crippen molar-refractivity contribution in [3.05, 3.63) is 42.1 Å². The van der Waals surface area contributed by atoms with E-state index in [4.69, 9.17) is 9.52 Å². The fourth-order valence-corrected chi connectivity index (χ4v) is 2.93. The first-order valence-corrected chi connectivity index (χ1v) is 8.80. The first-order valence-electron chi connectivity index (χ1n) is 8.80. The van der Waals surface area contributed by atoms with E-state index in [2.05, 4.69) is 29.2 Å². The molecule has 1 fully saturated rings. The number of aromatic nitrogens is 1. The highest BCUT2D eigenvalue weighted by Gasteiger charge is 2.18.